The monoisotopic (exact) mass is 155 g/mol. The average Bonchev–Trinajstić information content (AvgIpc) is 2.37. The number of carbonyl (C=O) groups excluding carboxylic acids is 1. The number of aromatic nitrogens is 1. The van der Waals surface area contributed by atoms with E-state index in [4.69, 9.17) is 0 Å². The highest BCUT2D eigenvalue weighted by Crippen LogP contribution is 2.12. The molecule has 0 spiro atoms. The van der Waals surface area contributed by atoms with Gasteiger partial charge in [-0.15, -0.1) is 11.3 Å². The van der Waals surface area contributed by atoms with Gasteiger partial charge in [-0.3, -0.25) is 0 Å². The van der Waals surface area contributed by atoms with Gasteiger partial charge in [0.15, 0.2) is 0 Å². The van der Waals surface area contributed by atoms with Gasteiger partial charge in [0.1, 0.15) is 6.29 Å². The topological polar surface area (TPSA) is 30.0 Å². The predicted octanol–water partition coefficient (Wildman–Crippen LogP) is 1.45. The summed E-state index contributed by atoms with van der Waals surface area (Å²) >= 11 is 1.62. The van der Waals surface area contributed by atoms with E-state index in [0.717, 1.165) is 22.6 Å². The van der Waals surface area contributed by atoms with Crippen molar-refractivity contribution in [3.05, 3.63) is 16.1 Å². The number of aldehydes is 1. The molecule has 0 aliphatic carbocycles. The molecule has 0 amide bonds. The van der Waals surface area contributed by atoms with Gasteiger partial charge in [0, 0.05) is 17.5 Å². The fourth-order valence-corrected chi connectivity index (χ4v) is 1.50. The Balaban J connectivity index is 2.67. The minimum absolute atomic E-state index is 0.512. The van der Waals surface area contributed by atoms with Crippen LogP contribution in [-0.2, 0) is 17.6 Å². The lowest BCUT2D eigenvalue weighted by molar-refractivity contribution is -0.107. The van der Waals surface area contributed by atoms with Crippen molar-refractivity contribution in [3.8, 4) is 0 Å². The van der Waals surface area contributed by atoms with Crippen molar-refractivity contribution in [1.29, 1.82) is 0 Å². The highest BCUT2D eigenvalue weighted by Gasteiger charge is 1.97. The molecule has 0 radical (unpaired) electrons. The highest BCUT2D eigenvalue weighted by atomic mass is 32.1. The first-order valence-corrected chi connectivity index (χ1v) is 4.05. The summed E-state index contributed by atoms with van der Waals surface area (Å²) in [5.74, 6) is 0. The third-order valence-corrected chi connectivity index (χ3v) is 2.35. The summed E-state index contributed by atoms with van der Waals surface area (Å²) in [5.41, 5.74) is 0. The van der Waals surface area contributed by atoms with Gasteiger partial charge in [-0.25, -0.2) is 4.98 Å². The van der Waals surface area contributed by atoms with E-state index in [-0.39, 0.29) is 0 Å². The van der Waals surface area contributed by atoms with Gasteiger partial charge in [-0.1, -0.05) is 6.92 Å². The average molecular weight is 155 g/mol. The zero-order valence-electron chi connectivity index (χ0n) is 5.83. The molecule has 0 N–H and O–H groups in total. The van der Waals surface area contributed by atoms with Crippen LogP contribution in [-0.4, -0.2) is 11.3 Å². The van der Waals surface area contributed by atoms with Gasteiger partial charge in [0.05, 0.1) is 5.01 Å². The van der Waals surface area contributed by atoms with Gasteiger partial charge in [0.25, 0.3) is 0 Å². The third kappa shape index (κ3) is 1.64. The Morgan fingerprint density at radius 2 is 2.60 bits per heavy atom. The summed E-state index contributed by atoms with van der Waals surface area (Å²) < 4.78 is 0. The Morgan fingerprint density at radius 3 is 3.10 bits per heavy atom. The summed E-state index contributed by atoms with van der Waals surface area (Å²) in [4.78, 5) is 15.2. The van der Waals surface area contributed by atoms with E-state index in [1.54, 1.807) is 17.5 Å². The van der Waals surface area contributed by atoms with Crippen molar-refractivity contribution in [2.24, 2.45) is 0 Å². The SMILES string of the molecule is CCc1ncc(CC=O)s1. The third-order valence-electron chi connectivity index (χ3n) is 1.19. The molecule has 1 aromatic heterocycles. The molecule has 0 fully saturated rings. The molecular weight excluding hydrogens is 146 g/mol. The minimum atomic E-state index is 0.512. The number of rotatable bonds is 3. The molecule has 1 aromatic rings. The number of aryl methyl sites for hydroxylation is 1. The first-order chi connectivity index (χ1) is 4.86. The molecule has 0 bridgehead atoms. The van der Waals surface area contributed by atoms with Crippen molar-refractivity contribution in [2.45, 2.75) is 19.8 Å². The van der Waals surface area contributed by atoms with Crippen molar-refractivity contribution < 1.29 is 4.79 Å². The molecule has 1 heterocycles. The van der Waals surface area contributed by atoms with Gasteiger partial charge in [-0.05, 0) is 6.42 Å². The molecule has 0 atom stereocenters. The van der Waals surface area contributed by atoms with Crippen LogP contribution in [0.3, 0.4) is 0 Å². The van der Waals surface area contributed by atoms with Crippen LogP contribution in [0.5, 0.6) is 0 Å². The molecule has 0 aromatic carbocycles. The van der Waals surface area contributed by atoms with E-state index in [9.17, 15) is 4.79 Å². The second-order valence-corrected chi connectivity index (χ2v) is 3.14. The fourth-order valence-electron chi connectivity index (χ4n) is 0.688. The molecule has 2 nitrogen and oxygen atoms in total. The van der Waals surface area contributed by atoms with Gasteiger partial charge >= 0.3 is 0 Å². The Bertz CT molecular complexity index is 219. The summed E-state index contributed by atoms with van der Waals surface area (Å²) in [6.45, 7) is 2.06. The van der Waals surface area contributed by atoms with E-state index in [0.29, 0.717) is 6.42 Å². The van der Waals surface area contributed by atoms with Crippen LogP contribution in [0.1, 0.15) is 16.8 Å². The predicted molar refractivity (Wildman–Crippen MR) is 41.3 cm³/mol. The molecule has 0 saturated carbocycles. The summed E-state index contributed by atoms with van der Waals surface area (Å²) in [6.07, 6.45) is 4.16. The van der Waals surface area contributed by atoms with Crippen molar-refractivity contribution in [2.75, 3.05) is 0 Å². The molecular formula is C7H9NOS. The van der Waals surface area contributed by atoms with Gasteiger partial charge in [-0.2, -0.15) is 0 Å². The number of nitrogens with zero attached hydrogens (tertiary/aromatic N) is 1. The van der Waals surface area contributed by atoms with Crippen molar-refractivity contribution in [3.63, 3.8) is 0 Å². The van der Waals surface area contributed by atoms with Crippen LogP contribution >= 0.6 is 11.3 Å². The summed E-state index contributed by atoms with van der Waals surface area (Å²) in [5, 5.41) is 1.11. The van der Waals surface area contributed by atoms with E-state index in [1.165, 1.54) is 0 Å². The van der Waals surface area contributed by atoms with Crippen LogP contribution < -0.4 is 0 Å². The molecule has 0 aliphatic heterocycles. The van der Waals surface area contributed by atoms with E-state index in [1.807, 2.05) is 0 Å². The standard InChI is InChI=1S/C7H9NOS/c1-2-7-8-5-6(10-7)3-4-9/h4-5H,2-3H2,1H3. The molecule has 0 aliphatic rings. The zero-order chi connectivity index (χ0) is 7.40. The number of hydrogen-bond donors (Lipinski definition) is 0. The van der Waals surface area contributed by atoms with Crippen LogP contribution in [0.4, 0.5) is 0 Å². The summed E-state index contributed by atoms with van der Waals surface area (Å²) in [7, 11) is 0. The van der Waals surface area contributed by atoms with Crippen LogP contribution in [0, 0.1) is 0 Å². The maximum atomic E-state index is 10.1. The Labute approximate surface area is 63.9 Å². The lowest BCUT2D eigenvalue weighted by Crippen LogP contribution is -1.76. The van der Waals surface area contributed by atoms with Crippen molar-refractivity contribution in [1.82, 2.24) is 4.98 Å². The first-order valence-electron chi connectivity index (χ1n) is 3.24. The normalized spacial score (nSPS) is 9.70. The van der Waals surface area contributed by atoms with Gasteiger partial charge in [0.2, 0.25) is 0 Å². The largest absolute Gasteiger partial charge is 0.303 e. The summed E-state index contributed by atoms with van der Waals surface area (Å²) in [6, 6.07) is 0. The molecule has 54 valence electrons. The fraction of sp³-hybridized carbons (Fsp3) is 0.429. The number of hydrogen-bond acceptors (Lipinski definition) is 3. The lowest BCUT2D eigenvalue weighted by atomic mass is 10.4. The number of carbonyl (C=O) groups is 1. The Hall–Kier alpha value is -0.700. The molecule has 0 unspecified atom stereocenters. The maximum absolute atomic E-state index is 10.1. The Morgan fingerprint density at radius 1 is 1.80 bits per heavy atom. The van der Waals surface area contributed by atoms with E-state index >= 15 is 0 Å². The Kier molecular flexibility index (Phi) is 2.57. The molecule has 3 heteroatoms. The lowest BCUT2D eigenvalue weighted by Gasteiger charge is -1.81. The second kappa shape index (κ2) is 3.46. The quantitative estimate of drug-likeness (QED) is 0.618. The second-order valence-electron chi connectivity index (χ2n) is 1.94. The highest BCUT2D eigenvalue weighted by molar-refractivity contribution is 7.11. The van der Waals surface area contributed by atoms with Crippen LogP contribution in [0.15, 0.2) is 6.20 Å². The van der Waals surface area contributed by atoms with Crippen LogP contribution in [0.25, 0.3) is 0 Å². The number of thiazole rings is 1. The van der Waals surface area contributed by atoms with E-state index in [2.05, 4.69) is 11.9 Å². The molecule has 10 heavy (non-hydrogen) atoms. The van der Waals surface area contributed by atoms with Gasteiger partial charge < -0.3 is 4.79 Å². The molecule has 0 saturated heterocycles. The van der Waals surface area contributed by atoms with E-state index < -0.39 is 0 Å². The first kappa shape index (κ1) is 7.41. The van der Waals surface area contributed by atoms with Crippen molar-refractivity contribution >= 4 is 17.6 Å². The zero-order valence-corrected chi connectivity index (χ0v) is 6.65. The minimum Gasteiger partial charge on any atom is -0.303 e. The maximum Gasteiger partial charge on any atom is 0.125 e. The smallest absolute Gasteiger partial charge is 0.125 e. The molecule has 1 rings (SSSR count). The van der Waals surface area contributed by atoms with Crippen LogP contribution in [0.2, 0.25) is 0 Å².